The minimum atomic E-state index is -4.09. The van der Waals surface area contributed by atoms with Crippen molar-refractivity contribution >= 4 is 22.2 Å². The molecule has 1 atom stereocenters. The molecule has 1 aromatic rings. The molecule has 0 aliphatic heterocycles. The van der Waals surface area contributed by atoms with Crippen molar-refractivity contribution in [2.24, 2.45) is 0 Å². The molecule has 0 fully saturated rings. The minimum absolute atomic E-state index is 0.0773. The zero-order valence-corrected chi connectivity index (χ0v) is 12.6. The first-order valence-corrected chi connectivity index (χ1v) is 7.93. The first kappa shape index (κ1) is 17.9. The van der Waals surface area contributed by atoms with Crippen molar-refractivity contribution in [3.63, 3.8) is 0 Å². The number of ether oxygens (including phenoxy) is 3. The molecule has 0 aromatic heterocycles. The van der Waals surface area contributed by atoms with Gasteiger partial charge in [-0.05, 0) is 18.6 Å². The Kier molecular flexibility index (Phi) is 6.80. The smallest absolute Gasteiger partial charge is 0.434 e. The summed E-state index contributed by atoms with van der Waals surface area (Å²) in [7, 11) is -4.09. The normalized spacial score (nSPS) is 12.3. The lowest BCUT2D eigenvalue weighted by atomic mass is 10.2. The van der Waals surface area contributed by atoms with Gasteiger partial charge in [-0.2, -0.15) is 8.42 Å². The van der Waals surface area contributed by atoms with E-state index < -0.39 is 34.3 Å². The van der Waals surface area contributed by atoms with Crippen molar-refractivity contribution < 1.29 is 36.8 Å². The van der Waals surface area contributed by atoms with Crippen LogP contribution in [0.2, 0.25) is 0 Å². The second-order valence-electron chi connectivity index (χ2n) is 4.19. The lowest BCUT2D eigenvalue weighted by Gasteiger charge is -2.13. The molecule has 9 heteroatoms. The van der Waals surface area contributed by atoms with Gasteiger partial charge < -0.3 is 14.2 Å². The maximum Gasteiger partial charge on any atom is 0.511 e. The molecule has 0 saturated carbocycles. The number of hydrogen-bond donors (Lipinski definition) is 1. The molecule has 22 heavy (non-hydrogen) atoms. The van der Waals surface area contributed by atoms with Crippen LogP contribution in [0.5, 0.6) is 0 Å². The van der Waals surface area contributed by atoms with E-state index in [4.69, 9.17) is 9.29 Å². The average Bonchev–Trinajstić information content (AvgIpc) is 2.43. The monoisotopic (exact) mass is 332 g/mol. The minimum Gasteiger partial charge on any atom is -0.434 e. The Morgan fingerprint density at radius 1 is 1.18 bits per heavy atom. The highest BCUT2D eigenvalue weighted by Crippen LogP contribution is 2.05. The van der Waals surface area contributed by atoms with Crippen molar-refractivity contribution in [3.05, 3.63) is 35.9 Å². The average molecular weight is 332 g/mol. The lowest BCUT2D eigenvalue weighted by molar-refractivity contribution is -0.0818. The maximum atomic E-state index is 11.7. The van der Waals surface area contributed by atoms with Crippen LogP contribution >= 0.6 is 0 Å². The largest absolute Gasteiger partial charge is 0.511 e. The molecule has 8 nitrogen and oxygen atoms in total. The van der Waals surface area contributed by atoms with Gasteiger partial charge in [-0.25, -0.2) is 9.59 Å². The van der Waals surface area contributed by atoms with E-state index in [9.17, 15) is 18.0 Å². The van der Waals surface area contributed by atoms with Crippen LogP contribution in [0.3, 0.4) is 0 Å². The number of esters is 1. The molecule has 0 amide bonds. The van der Waals surface area contributed by atoms with E-state index in [1.165, 1.54) is 6.92 Å². The van der Waals surface area contributed by atoms with E-state index in [2.05, 4.69) is 9.47 Å². The third-order valence-electron chi connectivity index (χ3n) is 2.31. The Balaban J connectivity index is 2.28. The van der Waals surface area contributed by atoms with Gasteiger partial charge in [0.1, 0.15) is 0 Å². The topological polar surface area (TPSA) is 116 Å². The second kappa shape index (κ2) is 8.35. The van der Waals surface area contributed by atoms with Crippen molar-refractivity contribution in [2.45, 2.75) is 19.6 Å². The van der Waals surface area contributed by atoms with E-state index in [0.29, 0.717) is 5.56 Å². The van der Waals surface area contributed by atoms with Crippen LogP contribution in [0, 0.1) is 0 Å². The molecule has 0 radical (unpaired) electrons. The summed E-state index contributed by atoms with van der Waals surface area (Å²) in [6, 6.07) is 8.14. The van der Waals surface area contributed by atoms with Crippen molar-refractivity contribution in [1.82, 2.24) is 0 Å². The van der Waals surface area contributed by atoms with Crippen LogP contribution in [0.15, 0.2) is 30.3 Å². The predicted octanol–water partition coefficient (Wildman–Crippen LogP) is 1.62. The lowest BCUT2D eigenvalue weighted by Crippen LogP contribution is -2.23. The third kappa shape index (κ3) is 7.60. The van der Waals surface area contributed by atoms with E-state index in [1.807, 2.05) is 0 Å². The van der Waals surface area contributed by atoms with Crippen LogP contribution in [0.25, 0.3) is 0 Å². The maximum absolute atomic E-state index is 11.7. The van der Waals surface area contributed by atoms with Gasteiger partial charge in [0, 0.05) is 6.92 Å². The number of carbonyl (C=O) groups excluding carboxylic acids is 2. The van der Waals surface area contributed by atoms with E-state index >= 15 is 0 Å². The fourth-order valence-corrected chi connectivity index (χ4v) is 1.87. The molecule has 122 valence electrons. The summed E-state index contributed by atoms with van der Waals surface area (Å²) in [5, 5.41) is 0. The van der Waals surface area contributed by atoms with Gasteiger partial charge in [-0.15, -0.1) is 0 Å². The molecule has 0 bridgehead atoms. The molecule has 0 aliphatic rings. The van der Waals surface area contributed by atoms with Gasteiger partial charge in [0.05, 0.1) is 17.9 Å². The molecule has 1 N–H and O–H groups in total. The van der Waals surface area contributed by atoms with Gasteiger partial charge >= 0.3 is 12.1 Å². The van der Waals surface area contributed by atoms with Crippen LogP contribution in [0.1, 0.15) is 23.7 Å². The Morgan fingerprint density at radius 3 is 2.41 bits per heavy atom. The molecule has 0 spiro atoms. The quantitative estimate of drug-likeness (QED) is 0.346. The standard InChI is InChI=1S/C13H16O8S/c1-10(20-12(14)11-6-3-2-4-7-11)21-13(15)19-8-5-9-22(16,17)18/h2-4,6-7,10H,5,8-9H2,1H3,(H,16,17,18). The van der Waals surface area contributed by atoms with Gasteiger partial charge in [0.25, 0.3) is 10.1 Å². The van der Waals surface area contributed by atoms with Gasteiger partial charge in [0.2, 0.25) is 6.29 Å². The number of rotatable bonds is 7. The van der Waals surface area contributed by atoms with Gasteiger partial charge in [-0.3, -0.25) is 4.55 Å². The first-order chi connectivity index (χ1) is 10.3. The summed E-state index contributed by atoms with van der Waals surface area (Å²) in [5.74, 6) is -1.19. The zero-order chi connectivity index (χ0) is 16.6. The van der Waals surface area contributed by atoms with Crippen LogP contribution in [-0.2, 0) is 24.3 Å². The van der Waals surface area contributed by atoms with Crippen molar-refractivity contribution in [3.8, 4) is 0 Å². The Hall–Kier alpha value is -2.13. The van der Waals surface area contributed by atoms with Crippen molar-refractivity contribution in [1.29, 1.82) is 0 Å². The molecule has 1 unspecified atom stereocenters. The van der Waals surface area contributed by atoms with Crippen LogP contribution < -0.4 is 0 Å². The Morgan fingerprint density at radius 2 is 1.82 bits per heavy atom. The Bertz CT molecular complexity index is 596. The molecule has 0 saturated heterocycles. The Labute approximate surface area is 127 Å². The zero-order valence-electron chi connectivity index (χ0n) is 11.8. The molecule has 0 aliphatic carbocycles. The fraction of sp³-hybridized carbons (Fsp3) is 0.385. The number of benzene rings is 1. The first-order valence-electron chi connectivity index (χ1n) is 6.32. The van der Waals surface area contributed by atoms with Crippen LogP contribution in [-0.4, -0.2) is 43.7 Å². The summed E-state index contributed by atoms with van der Waals surface area (Å²) in [4.78, 5) is 22.9. The number of hydrogen-bond acceptors (Lipinski definition) is 7. The SMILES string of the molecule is CC(OC(=O)OCCCS(=O)(=O)O)OC(=O)c1ccccc1. The molecular formula is C13H16O8S. The highest BCUT2D eigenvalue weighted by atomic mass is 32.2. The summed E-state index contributed by atoms with van der Waals surface area (Å²) < 4.78 is 43.4. The summed E-state index contributed by atoms with van der Waals surface area (Å²) >= 11 is 0. The molecule has 1 rings (SSSR count). The number of carbonyl (C=O) groups is 2. The van der Waals surface area contributed by atoms with Crippen LogP contribution in [0.4, 0.5) is 4.79 Å². The van der Waals surface area contributed by atoms with Gasteiger partial charge in [0.15, 0.2) is 0 Å². The predicted molar refractivity (Wildman–Crippen MR) is 74.8 cm³/mol. The van der Waals surface area contributed by atoms with E-state index in [1.54, 1.807) is 30.3 Å². The summed E-state index contributed by atoms with van der Waals surface area (Å²) in [6.07, 6.45) is -2.35. The van der Waals surface area contributed by atoms with E-state index in [-0.39, 0.29) is 13.0 Å². The molecular weight excluding hydrogens is 316 g/mol. The highest BCUT2D eigenvalue weighted by molar-refractivity contribution is 7.85. The highest BCUT2D eigenvalue weighted by Gasteiger charge is 2.16. The summed E-state index contributed by atoms with van der Waals surface area (Å²) in [6.45, 7) is 1.08. The molecule has 0 heterocycles. The van der Waals surface area contributed by atoms with Gasteiger partial charge in [-0.1, -0.05) is 18.2 Å². The van der Waals surface area contributed by atoms with E-state index in [0.717, 1.165) is 0 Å². The molecule has 1 aromatic carbocycles. The third-order valence-corrected chi connectivity index (χ3v) is 3.12. The fourth-order valence-electron chi connectivity index (χ4n) is 1.38. The summed E-state index contributed by atoms with van der Waals surface area (Å²) in [5.41, 5.74) is 0.305. The second-order valence-corrected chi connectivity index (χ2v) is 5.77. The van der Waals surface area contributed by atoms with Crippen molar-refractivity contribution in [2.75, 3.05) is 12.4 Å².